The van der Waals surface area contributed by atoms with Gasteiger partial charge in [-0.1, -0.05) is 17.7 Å². The van der Waals surface area contributed by atoms with E-state index in [0.717, 1.165) is 36.7 Å². The van der Waals surface area contributed by atoms with Crippen molar-refractivity contribution in [1.29, 1.82) is 0 Å². The lowest BCUT2D eigenvalue weighted by molar-refractivity contribution is 0.307. The molecule has 1 heterocycles. The quantitative estimate of drug-likeness (QED) is 0.805. The summed E-state index contributed by atoms with van der Waals surface area (Å²) >= 11 is 7.94. The first-order valence-electron chi connectivity index (χ1n) is 6.81. The molecule has 0 radical (unpaired) electrons. The Morgan fingerprint density at radius 2 is 2.05 bits per heavy atom. The molecular weight excluding hydrogens is 330 g/mol. The standard InChI is InChI=1S/C13H20ClN3O2S2/c14-13-9-12(2-1-11(13)10-15)21(18,19)16-3-4-17-5-7-20-8-6-17/h1-2,9,16H,3-8,10,15H2. The van der Waals surface area contributed by atoms with Gasteiger partial charge in [0.2, 0.25) is 10.0 Å². The predicted octanol–water partition coefficient (Wildman–Crippen LogP) is 1.13. The fourth-order valence-corrected chi connectivity index (χ4v) is 4.45. The highest BCUT2D eigenvalue weighted by atomic mass is 35.5. The van der Waals surface area contributed by atoms with Crippen molar-refractivity contribution in [3.8, 4) is 0 Å². The van der Waals surface area contributed by atoms with Gasteiger partial charge in [0.15, 0.2) is 0 Å². The number of rotatable bonds is 6. The molecule has 0 saturated carbocycles. The molecule has 1 saturated heterocycles. The lowest BCUT2D eigenvalue weighted by Gasteiger charge is -2.25. The molecular formula is C13H20ClN3O2S2. The molecule has 0 unspecified atom stereocenters. The Morgan fingerprint density at radius 3 is 2.67 bits per heavy atom. The van der Waals surface area contributed by atoms with Crippen LogP contribution in [0, 0.1) is 0 Å². The average molecular weight is 350 g/mol. The molecule has 1 fully saturated rings. The first-order valence-corrected chi connectivity index (χ1v) is 9.83. The van der Waals surface area contributed by atoms with Crippen molar-refractivity contribution >= 4 is 33.4 Å². The first-order chi connectivity index (χ1) is 10.0. The third kappa shape index (κ3) is 4.84. The zero-order valence-electron chi connectivity index (χ0n) is 11.7. The van der Waals surface area contributed by atoms with Gasteiger partial charge in [-0.3, -0.25) is 0 Å². The summed E-state index contributed by atoms with van der Waals surface area (Å²) in [6.07, 6.45) is 0. The zero-order valence-corrected chi connectivity index (χ0v) is 14.1. The molecule has 0 aromatic heterocycles. The molecule has 0 spiro atoms. The third-order valence-electron chi connectivity index (χ3n) is 3.38. The maximum atomic E-state index is 12.2. The van der Waals surface area contributed by atoms with Crippen LogP contribution in [0.2, 0.25) is 5.02 Å². The topological polar surface area (TPSA) is 75.4 Å². The number of thioether (sulfide) groups is 1. The number of nitrogens with zero attached hydrogens (tertiary/aromatic N) is 1. The van der Waals surface area contributed by atoms with E-state index in [4.69, 9.17) is 17.3 Å². The van der Waals surface area contributed by atoms with Gasteiger partial charge in [0.25, 0.3) is 0 Å². The highest BCUT2D eigenvalue weighted by Crippen LogP contribution is 2.20. The van der Waals surface area contributed by atoms with E-state index in [-0.39, 0.29) is 4.90 Å². The summed E-state index contributed by atoms with van der Waals surface area (Å²) in [5.74, 6) is 2.23. The third-order valence-corrected chi connectivity index (χ3v) is 6.13. The fourth-order valence-electron chi connectivity index (χ4n) is 2.11. The number of sulfonamides is 1. The second-order valence-corrected chi connectivity index (χ2v) is 8.21. The van der Waals surface area contributed by atoms with Crippen LogP contribution in [-0.4, -0.2) is 51.0 Å². The van der Waals surface area contributed by atoms with Crippen molar-refractivity contribution in [2.75, 3.05) is 37.7 Å². The van der Waals surface area contributed by atoms with Gasteiger partial charge in [-0.2, -0.15) is 11.8 Å². The monoisotopic (exact) mass is 349 g/mol. The number of benzene rings is 1. The molecule has 1 aliphatic heterocycles. The van der Waals surface area contributed by atoms with Gasteiger partial charge in [0.1, 0.15) is 0 Å². The summed E-state index contributed by atoms with van der Waals surface area (Å²) < 4.78 is 27.0. The largest absolute Gasteiger partial charge is 0.326 e. The molecule has 2 rings (SSSR count). The van der Waals surface area contributed by atoms with Crippen molar-refractivity contribution in [1.82, 2.24) is 9.62 Å². The summed E-state index contributed by atoms with van der Waals surface area (Å²) in [5.41, 5.74) is 6.25. The van der Waals surface area contributed by atoms with E-state index in [1.165, 1.54) is 12.1 Å². The minimum atomic E-state index is -3.52. The van der Waals surface area contributed by atoms with Crippen LogP contribution in [-0.2, 0) is 16.6 Å². The van der Waals surface area contributed by atoms with E-state index in [1.54, 1.807) is 6.07 Å². The molecule has 3 N–H and O–H groups in total. The molecule has 5 nitrogen and oxygen atoms in total. The maximum Gasteiger partial charge on any atom is 0.240 e. The molecule has 118 valence electrons. The highest BCUT2D eigenvalue weighted by Gasteiger charge is 2.16. The minimum Gasteiger partial charge on any atom is -0.326 e. The molecule has 1 aromatic carbocycles. The van der Waals surface area contributed by atoms with Crippen molar-refractivity contribution in [2.45, 2.75) is 11.4 Å². The van der Waals surface area contributed by atoms with Crippen LogP contribution in [0.3, 0.4) is 0 Å². The maximum absolute atomic E-state index is 12.2. The van der Waals surface area contributed by atoms with Crippen molar-refractivity contribution in [3.63, 3.8) is 0 Å². The Balaban J connectivity index is 1.93. The van der Waals surface area contributed by atoms with Crippen LogP contribution in [0.15, 0.2) is 23.1 Å². The summed E-state index contributed by atoms with van der Waals surface area (Å²) in [6, 6.07) is 4.64. The van der Waals surface area contributed by atoms with Crippen molar-refractivity contribution < 1.29 is 8.42 Å². The number of nitrogens with two attached hydrogens (primary N) is 1. The molecule has 0 bridgehead atoms. The molecule has 0 aliphatic carbocycles. The molecule has 0 amide bonds. The minimum absolute atomic E-state index is 0.180. The van der Waals surface area contributed by atoms with Gasteiger partial charge in [-0.05, 0) is 17.7 Å². The van der Waals surface area contributed by atoms with E-state index in [2.05, 4.69) is 9.62 Å². The van der Waals surface area contributed by atoms with Crippen LogP contribution in [0.5, 0.6) is 0 Å². The summed E-state index contributed by atoms with van der Waals surface area (Å²) in [5, 5.41) is 0.383. The normalized spacial score (nSPS) is 17.0. The number of hydrogen-bond acceptors (Lipinski definition) is 5. The Hall–Kier alpha value is -0.310. The molecule has 21 heavy (non-hydrogen) atoms. The number of nitrogens with one attached hydrogen (secondary N) is 1. The first kappa shape index (κ1) is 17.1. The second-order valence-electron chi connectivity index (χ2n) is 4.81. The fraction of sp³-hybridized carbons (Fsp3) is 0.538. The molecule has 1 aliphatic rings. The van der Waals surface area contributed by atoms with E-state index >= 15 is 0 Å². The smallest absolute Gasteiger partial charge is 0.240 e. The summed E-state index contributed by atoms with van der Waals surface area (Å²) in [6.45, 7) is 3.46. The van der Waals surface area contributed by atoms with Gasteiger partial charge < -0.3 is 10.6 Å². The molecule has 8 heteroatoms. The summed E-state index contributed by atoms with van der Waals surface area (Å²) in [7, 11) is -3.52. The Bertz CT molecular complexity index is 575. The lowest BCUT2D eigenvalue weighted by atomic mass is 10.2. The van der Waals surface area contributed by atoms with E-state index < -0.39 is 10.0 Å². The Morgan fingerprint density at radius 1 is 1.33 bits per heavy atom. The van der Waals surface area contributed by atoms with E-state index in [0.29, 0.717) is 18.1 Å². The molecule has 1 aromatic rings. The van der Waals surface area contributed by atoms with Crippen LogP contribution in [0.4, 0.5) is 0 Å². The number of hydrogen-bond donors (Lipinski definition) is 2. The Kier molecular flexibility index (Phi) is 6.34. The Labute approximate surface area is 135 Å². The number of halogens is 1. The average Bonchev–Trinajstić information content (AvgIpc) is 2.48. The van der Waals surface area contributed by atoms with Gasteiger partial charge in [0, 0.05) is 49.3 Å². The van der Waals surface area contributed by atoms with Gasteiger partial charge in [-0.25, -0.2) is 13.1 Å². The second kappa shape index (κ2) is 7.80. The zero-order chi connectivity index (χ0) is 15.3. The van der Waals surface area contributed by atoms with Gasteiger partial charge in [0.05, 0.1) is 4.90 Å². The van der Waals surface area contributed by atoms with Crippen LogP contribution >= 0.6 is 23.4 Å². The van der Waals surface area contributed by atoms with E-state index in [1.807, 2.05) is 11.8 Å². The van der Waals surface area contributed by atoms with Gasteiger partial charge >= 0.3 is 0 Å². The van der Waals surface area contributed by atoms with Crippen molar-refractivity contribution in [3.05, 3.63) is 28.8 Å². The van der Waals surface area contributed by atoms with E-state index in [9.17, 15) is 8.42 Å². The summed E-state index contributed by atoms with van der Waals surface area (Å²) in [4.78, 5) is 2.45. The van der Waals surface area contributed by atoms with Gasteiger partial charge in [-0.15, -0.1) is 0 Å². The highest BCUT2D eigenvalue weighted by molar-refractivity contribution is 7.99. The van der Waals surface area contributed by atoms with Crippen LogP contribution in [0.25, 0.3) is 0 Å². The van der Waals surface area contributed by atoms with Crippen LogP contribution < -0.4 is 10.5 Å². The predicted molar refractivity (Wildman–Crippen MR) is 88.3 cm³/mol. The molecule has 0 atom stereocenters. The lowest BCUT2D eigenvalue weighted by Crippen LogP contribution is -2.39. The van der Waals surface area contributed by atoms with Crippen molar-refractivity contribution in [2.24, 2.45) is 5.73 Å². The SMILES string of the molecule is NCc1ccc(S(=O)(=O)NCCN2CCSCC2)cc1Cl. The van der Waals surface area contributed by atoms with Crippen LogP contribution in [0.1, 0.15) is 5.56 Å².